The molecule has 140 valence electrons. The molecule has 4 rings (SSSR count). The molecule has 4 aromatic rings. The number of amides is 1. The van der Waals surface area contributed by atoms with Crippen molar-refractivity contribution in [2.24, 2.45) is 0 Å². The summed E-state index contributed by atoms with van der Waals surface area (Å²) in [6.07, 6.45) is 0.603. The van der Waals surface area contributed by atoms with Gasteiger partial charge >= 0.3 is 0 Å². The quantitative estimate of drug-likeness (QED) is 0.493. The average Bonchev–Trinajstić information content (AvgIpc) is 3.18. The Balaban J connectivity index is 1.43. The molecule has 0 spiro atoms. The summed E-state index contributed by atoms with van der Waals surface area (Å²) < 4.78 is 5.34. The van der Waals surface area contributed by atoms with Gasteiger partial charge in [0.25, 0.3) is 0 Å². The fraction of sp³-hybridized carbons (Fsp3) is 0.136. The van der Waals surface area contributed by atoms with Gasteiger partial charge in [-0.2, -0.15) is 4.98 Å². The molecule has 1 heterocycles. The first-order valence-corrected chi connectivity index (χ1v) is 9.35. The van der Waals surface area contributed by atoms with Crippen molar-refractivity contribution in [1.29, 1.82) is 0 Å². The van der Waals surface area contributed by atoms with Crippen LogP contribution < -0.4 is 5.32 Å². The molecule has 0 aliphatic rings. The first kappa shape index (κ1) is 18.2. The molecule has 6 heteroatoms. The number of carbonyl (C=O) groups is 1. The van der Waals surface area contributed by atoms with Gasteiger partial charge in [0.15, 0.2) is 0 Å². The van der Waals surface area contributed by atoms with E-state index in [2.05, 4.69) is 15.5 Å². The van der Waals surface area contributed by atoms with Crippen LogP contribution in [0.2, 0.25) is 5.02 Å². The Bertz CT molecular complexity index is 1150. The molecule has 0 bridgehead atoms. The van der Waals surface area contributed by atoms with Gasteiger partial charge in [-0.15, -0.1) is 0 Å². The topological polar surface area (TPSA) is 68.0 Å². The Morgan fingerprint density at radius 1 is 1.11 bits per heavy atom. The summed E-state index contributed by atoms with van der Waals surface area (Å²) in [4.78, 5) is 16.6. The molecule has 0 aliphatic heterocycles. The van der Waals surface area contributed by atoms with E-state index in [1.54, 1.807) is 6.07 Å². The molecule has 0 saturated heterocycles. The highest BCUT2D eigenvalue weighted by Gasteiger charge is 2.13. The van der Waals surface area contributed by atoms with Crippen molar-refractivity contribution in [2.75, 3.05) is 5.32 Å². The molecular formula is C22H18ClN3O2. The van der Waals surface area contributed by atoms with Crippen molar-refractivity contribution >= 4 is 34.0 Å². The van der Waals surface area contributed by atoms with Gasteiger partial charge < -0.3 is 9.84 Å². The largest absolute Gasteiger partial charge is 0.339 e. The average molecular weight is 392 g/mol. The van der Waals surface area contributed by atoms with E-state index in [0.29, 0.717) is 28.8 Å². The molecule has 28 heavy (non-hydrogen) atoms. The molecule has 1 aromatic heterocycles. The molecule has 0 unspecified atom stereocenters. The fourth-order valence-electron chi connectivity index (χ4n) is 3.00. The monoisotopic (exact) mass is 391 g/mol. The highest BCUT2D eigenvalue weighted by Crippen LogP contribution is 2.26. The number of hydrogen-bond acceptors (Lipinski definition) is 4. The number of nitrogens with zero attached hydrogens (tertiary/aromatic N) is 2. The van der Waals surface area contributed by atoms with Gasteiger partial charge in [-0.05, 0) is 35.4 Å². The molecular weight excluding hydrogens is 374 g/mol. The van der Waals surface area contributed by atoms with Crippen LogP contribution in [0.4, 0.5) is 5.69 Å². The summed E-state index contributed by atoms with van der Waals surface area (Å²) in [6.45, 7) is 1.91. The summed E-state index contributed by atoms with van der Waals surface area (Å²) in [5.41, 5.74) is 2.54. The number of hydrogen-bond donors (Lipinski definition) is 1. The van der Waals surface area contributed by atoms with Crippen LogP contribution in [-0.2, 0) is 11.2 Å². The van der Waals surface area contributed by atoms with E-state index in [-0.39, 0.29) is 12.3 Å². The Hall–Kier alpha value is -3.18. The maximum Gasteiger partial charge on any atom is 0.227 e. The van der Waals surface area contributed by atoms with E-state index < -0.39 is 0 Å². The number of aryl methyl sites for hydroxylation is 2. The molecule has 0 fully saturated rings. The van der Waals surface area contributed by atoms with Gasteiger partial charge in [0.1, 0.15) is 0 Å². The lowest BCUT2D eigenvalue weighted by atomic mass is 10.0. The third kappa shape index (κ3) is 3.89. The van der Waals surface area contributed by atoms with Crippen LogP contribution >= 0.6 is 11.6 Å². The second-order valence-corrected chi connectivity index (χ2v) is 6.96. The fourth-order valence-corrected chi connectivity index (χ4v) is 3.18. The summed E-state index contributed by atoms with van der Waals surface area (Å²) >= 11 is 6.09. The van der Waals surface area contributed by atoms with Gasteiger partial charge in [-0.3, -0.25) is 4.79 Å². The van der Waals surface area contributed by atoms with Crippen LogP contribution in [0.3, 0.4) is 0 Å². The van der Waals surface area contributed by atoms with Gasteiger partial charge in [0.05, 0.1) is 0 Å². The normalized spacial score (nSPS) is 10.9. The molecule has 3 aromatic carbocycles. The van der Waals surface area contributed by atoms with Gasteiger partial charge in [0, 0.05) is 29.1 Å². The predicted octanol–water partition coefficient (Wildman–Crippen LogP) is 5.42. The predicted molar refractivity (Wildman–Crippen MR) is 110 cm³/mol. The number of benzene rings is 3. The third-order valence-corrected chi connectivity index (χ3v) is 4.93. The van der Waals surface area contributed by atoms with Crippen LogP contribution in [0.5, 0.6) is 0 Å². The first-order chi connectivity index (χ1) is 13.6. The highest BCUT2D eigenvalue weighted by atomic mass is 35.5. The summed E-state index contributed by atoms with van der Waals surface area (Å²) in [5.74, 6) is 0.822. The zero-order chi connectivity index (χ0) is 19.5. The van der Waals surface area contributed by atoms with Crippen LogP contribution in [-0.4, -0.2) is 16.0 Å². The van der Waals surface area contributed by atoms with E-state index in [0.717, 1.165) is 21.9 Å². The van der Waals surface area contributed by atoms with Crippen molar-refractivity contribution in [3.63, 3.8) is 0 Å². The Labute approximate surface area is 167 Å². The van der Waals surface area contributed by atoms with E-state index in [4.69, 9.17) is 16.1 Å². The zero-order valence-corrected chi connectivity index (χ0v) is 16.0. The standard InChI is InChI=1S/C22H18ClN3O2/c1-14-9-10-16(13-19(14)23)24-20(27)11-12-21-25-22(26-28-21)18-8-4-6-15-5-2-3-7-17(15)18/h2-10,13H,11-12H2,1H3,(H,24,27). The lowest BCUT2D eigenvalue weighted by Gasteiger charge is -2.06. The maximum absolute atomic E-state index is 12.2. The number of nitrogens with one attached hydrogen (secondary N) is 1. The Kier molecular flexibility index (Phi) is 5.08. The number of aromatic nitrogens is 2. The van der Waals surface area contributed by atoms with E-state index in [1.165, 1.54) is 0 Å². The summed E-state index contributed by atoms with van der Waals surface area (Å²) in [6, 6.07) is 19.4. The Morgan fingerprint density at radius 3 is 2.79 bits per heavy atom. The van der Waals surface area contributed by atoms with Gasteiger partial charge in [-0.25, -0.2) is 0 Å². The minimum absolute atomic E-state index is 0.134. The minimum atomic E-state index is -0.134. The zero-order valence-electron chi connectivity index (χ0n) is 15.3. The smallest absolute Gasteiger partial charge is 0.227 e. The Morgan fingerprint density at radius 2 is 1.93 bits per heavy atom. The number of anilines is 1. The number of carbonyl (C=O) groups excluding carboxylic acids is 1. The van der Waals surface area contributed by atoms with E-state index in [1.807, 2.05) is 61.5 Å². The van der Waals surface area contributed by atoms with Crippen LogP contribution in [0.25, 0.3) is 22.2 Å². The number of rotatable bonds is 5. The minimum Gasteiger partial charge on any atom is -0.339 e. The van der Waals surface area contributed by atoms with Crippen molar-refractivity contribution < 1.29 is 9.32 Å². The molecule has 1 N–H and O–H groups in total. The third-order valence-electron chi connectivity index (χ3n) is 4.52. The second kappa shape index (κ2) is 7.82. The molecule has 0 aliphatic carbocycles. The molecule has 5 nitrogen and oxygen atoms in total. The second-order valence-electron chi connectivity index (χ2n) is 6.55. The van der Waals surface area contributed by atoms with Crippen molar-refractivity contribution in [2.45, 2.75) is 19.8 Å². The van der Waals surface area contributed by atoms with Crippen LogP contribution in [0, 0.1) is 6.92 Å². The van der Waals surface area contributed by atoms with E-state index >= 15 is 0 Å². The van der Waals surface area contributed by atoms with Crippen LogP contribution in [0.15, 0.2) is 65.2 Å². The van der Waals surface area contributed by atoms with Crippen molar-refractivity contribution in [3.05, 3.63) is 77.1 Å². The van der Waals surface area contributed by atoms with Gasteiger partial charge in [0.2, 0.25) is 17.6 Å². The molecule has 0 atom stereocenters. The van der Waals surface area contributed by atoms with Crippen molar-refractivity contribution in [1.82, 2.24) is 10.1 Å². The van der Waals surface area contributed by atoms with Crippen LogP contribution in [0.1, 0.15) is 17.9 Å². The highest BCUT2D eigenvalue weighted by molar-refractivity contribution is 6.31. The van der Waals surface area contributed by atoms with Crippen molar-refractivity contribution in [3.8, 4) is 11.4 Å². The SMILES string of the molecule is Cc1ccc(NC(=O)CCc2nc(-c3cccc4ccccc34)no2)cc1Cl. The maximum atomic E-state index is 12.2. The number of halogens is 1. The molecule has 0 saturated carbocycles. The molecule has 1 amide bonds. The number of fused-ring (bicyclic) bond motifs is 1. The first-order valence-electron chi connectivity index (χ1n) is 8.97. The lowest BCUT2D eigenvalue weighted by molar-refractivity contribution is -0.116. The lowest BCUT2D eigenvalue weighted by Crippen LogP contribution is -2.12. The summed E-state index contributed by atoms with van der Waals surface area (Å²) in [5, 5.41) is 9.71. The summed E-state index contributed by atoms with van der Waals surface area (Å²) in [7, 11) is 0. The molecule has 0 radical (unpaired) electrons. The van der Waals surface area contributed by atoms with E-state index in [9.17, 15) is 4.79 Å². The van der Waals surface area contributed by atoms with Gasteiger partial charge in [-0.1, -0.05) is 65.3 Å².